The molecule has 3 aromatic heterocycles. The highest BCUT2D eigenvalue weighted by molar-refractivity contribution is 5.94. The van der Waals surface area contributed by atoms with Gasteiger partial charge in [-0.3, -0.25) is 4.79 Å². The maximum atomic E-state index is 13.7. The van der Waals surface area contributed by atoms with E-state index in [0.717, 1.165) is 16.7 Å². The minimum atomic E-state index is -5.16. The fraction of sp³-hybridized carbons (Fsp3) is 0.364. The van der Waals surface area contributed by atoms with Crippen molar-refractivity contribution in [3.8, 4) is 11.3 Å². The Bertz CT molecular complexity index is 2450. The average Bonchev–Trinajstić information content (AvgIpc) is 4.07. The van der Waals surface area contributed by atoms with Crippen LogP contribution in [0, 0.1) is 6.92 Å². The van der Waals surface area contributed by atoms with Gasteiger partial charge in [-0.05, 0) is 37.3 Å². The third kappa shape index (κ3) is 8.65. The Morgan fingerprint density at radius 2 is 1.61 bits per heavy atom. The number of urea groups is 1. The normalized spacial score (nSPS) is 20.2. The smallest absolute Gasteiger partial charge is 0.388 e. The number of fused-ring (bicyclic) bond motifs is 1. The molecule has 62 heavy (non-hydrogen) atoms. The molecule has 6 aromatic rings. The molecule has 2 fully saturated rings. The summed E-state index contributed by atoms with van der Waals surface area (Å²) >= 11 is 0. The summed E-state index contributed by atoms with van der Waals surface area (Å²) in [7, 11) is 0. The Hall–Kier alpha value is -6.53. The van der Waals surface area contributed by atoms with Crippen LogP contribution in [0.4, 0.5) is 35.4 Å². The number of halogens is 3. The van der Waals surface area contributed by atoms with E-state index in [4.69, 9.17) is 14.5 Å². The molecular weight excluding hydrogens is 806 g/mol. The molecule has 1 aliphatic heterocycles. The van der Waals surface area contributed by atoms with Gasteiger partial charge in [0.05, 0.1) is 18.4 Å². The molecule has 0 spiro atoms. The molecule has 5 atom stereocenters. The molecule has 2 aliphatic rings. The molecular formula is C44H47F3N10O5. The van der Waals surface area contributed by atoms with Gasteiger partial charge in [-0.2, -0.15) is 23.1 Å². The van der Waals surface area contributed by atoms with E-state index in [2.05, 4.69) is 26.1 Å². The highest BCUT2D eigenvalue weighted by Gasteiger charge is 2.51. The van der Waals surface area contributed by atoms with E-state index in [1.807, 2.05) is 95.9 Å². The van der Waals surface area contributed by atoms with Crippen LogP contribution in [0.3, 0.4) is 0 Å². The summed E-state index contributed by atoms with van der Waals surface area (Å²) in [5, 5.41) is 36.1. The van der Waals surface area contributed by atoms with Crippen LogP contribution in [-0.2, 0) is 4.79 Å². The number of imidazole rings is 1. The Labute approximate surface area is 355 Å². The molecule has 3 amide bonds. The Morgan fingerprint density at radius 3 is 2.26 bits per heavy atom. The number of aryl methyl sites for hydroxylation is 1. The number of aliphatic hydroxyl groups is 2. The first kappa shape index (κ1) is 42.2. The quantitative estimate of drug-likeness (QED) is 0.0882. The molecule has 1 saturated heterocycles. The van der Waals surface area contributed by atoms with Crippen molar-refractivity contribution in [3.63, 3.8) is 0 Å². The summed E-state index contributed by atoms with van der Waals surface area (Å²) in [5.74, 6) is -1.09. The van der Waals surface area contributed by atoms with Crippen molar-refractivity contribution in [2.24, 2.45) is 0 Å². The summed E-state index contributed by atoms with van der Waals surface area (Å²) in [6.45, 7) is 4.29. The van der Waals surface area contributed by atoms with Crippen LogP contribution < -0.4 is 20.9 Å². The summed E-state index contributed by atoms with van der Waals surface area (Å²) in [4.78, 5) is 43.0. The van der Waals surface area contributed by atoms with Crippen LogP contribution in [0.1, 0.15) is 55.0 Å². The largest absolute Gasteiger partial charge is 0.471 e. The topological polar surface area (TPSA) is 187 Å². The minimum absolute atomic E-state index is 0.105. The number of rotatable bonds is 13. The number of nitrogens with one attached hydrogen (secondary N) is 3. The van der Waals surface area contributed by atoms with Gasteiger partial charge in [-0.1, -0.05) is 103 Å². The number of carbonyl (C=O) groups excluding carboxylic acids is 2. The molecule has 1 saturated carbocycles. The van der Waals surface area contributed by atoms with E-state index in [1.54, 1.807) is 18.4 Å². The van der Waals surface area contributed by atoms with E-state index in [0.29, 0.717) is 59.4 Å². The molecule has 3 aromatic carbocycles. The number of hydrogen-bond donors (Lipinski definition) is 5. The summed E-state index contributed by atoms with van der Waals surface area (Å²) in [6.07, 6.45) is -6.40. The second kappa shape index (κ2) is 17.8. The van der Waals surface area contributed by atoms with Gasteiger partial charge < -0.3 is 45.1 Å². The van der Waals surface area contributed by atoms with Crippen molar-refractivity contribution in [2.75, 3.05) is 41.7 Å². The van der Waals surface area contributed by atoms with Crippen LogP contribution in [0.2, 0.25) is 0 Å². The van der Waals surface area contributed by atoms with Crippen molar-refractivity contribution in [2.45, 2.75) is 75.5 Å². The highest BCUT2D eigenvalue weighted by atomic mass is 19.4. The zero-order valence-electron chi connectivity index (χ0n) is 34.0. The predicted molar refractivity (Wildman–Crippen MR) is 226 cm³/mol. The standard InChI is InChI=1S/C44H47F3N10O5/c1-3-20-56(41(60)44(45,46)47)32-22-33(37(59)36(32)58)57-25-49-35-39(48-23-31(27-13-7-4-8-14-27)28-15-9-5-10-16-28)52-42(53-40(35)57)55-21-19-30(24-55)50-43(61)51-34-26(2)54-62-38(34)29-17-11-6-12-18-29/h4-18,25,30-33,36-37,58-59H,3,19-24H2,1-2H3,(H,48,52,53)(H2,50,51,61)/t30-,32+,33-,36-,37+/m1/s1. The van der Waals surface area contributed by atoms with E-state index in [1.165, 1.54) is 6.33 Å². The van der Waals surface area contributed by atoms with Crippen molar-refractivity contribution >= 4 is 40.6 Å². The lowest BCUT2D eigenvalue weighted by atomic mass is 9.91. The van der Waals surface area contributed by atoms with Crippen LogP contribution in [0.5, 0.6) is 0 Å². The van der Waals surface area contributed by atoms with Crippen molar-refractivity contribution in [1.82, 2.24) is 34.9 Å². The molecule has 5 N–H and O–H groups in total. The maximum Gasteiger partial charge on any atom is 0.471 e. The second-order valence-corrected chi connectivity index (χ2v) is 15.7. The van der Waals surface area contributed by atoms with Gasteiger partial charge in [0.2, 0.25) is 5.95 Å². The lowest BCUT2D eigenvalue weighted by Gasteiger charge is -2.31. The molecule has 324 valence electrons. The molecule has 15 nitrogen and oxygen atoms in total. The van der Waals surface area contributed by atoms with Crippen molar-refractivity contribution in [3.05, 3.63) is 114 Å². The molecule has 4 heterocycles. The van der Waals surface area contributed by atoms with Crippen LogP contribution in [0.15, 0.2) is 102 Å². The zero-order chi connectivity index (χ0) is 43.5. The zero-order valence-corrected chi connectivity index (χ0v) is 34.0. The Kier molecular flexibility index (Phi) is 12.1. The molecule has 1 aliphatic carbocycles. The van der Waals surface area contributed by atoms with Gasteiger partial charge in [-0.15, -0.1) is 0 Å². The van der Waals surface area contributed by atoms with Crippen LogP contribution >= 0.6 is 0 Å². The number of anilines is 3. The van der Waals surface area contributed by atoms with Crippen LogP contribution in [-0.4, -0.2) is 108 Å². The first-order chi connectivity index (χ1) is 29.9. The lowest BCUT2D eigenvalue weighted by molar-refractivity contribution is -0.190. The van der Waals surface area contributed by atoms with Crippen molar-refractivity contribution in [1.29, 1.82) is 0 Å². The fourth-order valence-electron chi connectivity index (χ4n) is 8.50. The predicted octanol–water partition coefficient (Wildman–Crippen LogP) is 6.27. The number of carbonyl (C=O) groups is 2. The summed E-state index contributed by atoms with van der Waals surface area (Å²) in [5.41, 5.74) is 4.45. The highest BCUT2D eigenvalue weighted by Crippen LogP contribution is 2.39. The van der Waals surface area contributed by atoms with Gasteiger partial charge in [0.15, 0.2) is 22.7 Å². The van der Waals surface area contributed by atoms with Gasteiger partial charge >= 0.3 is 18.1 Å². The fourth-order valence-corrected chi connectivity index (χ4v) is 8.50. The third-order valence-corrected chi connectivity index (χ3v) is 11.6. The number of alkyl halides is 3. The molecule has 18 heteroatoms. The number of hydrogen-bond acceptors (Lipinski definition) is 11. The number of nitrogens with zero attached hydrogens (tertiary/aromatic N) is 7. The van der Waals surface area contributed by atoms with Gasteiger partial charge in [-0.25, -0.2) is 9.78 Å². The van der Waals surface area contributed by atoms with Gasteiger partial charge in [0.1, 0.15) is 23.6 Å². The minimum Gasteiger partial charge on any atom is -0.388 e. The van der Waals surface area contributed by atoms with E-state index < -0.39 is 42.4 Å². The van der Waals surface area contributed by atoms with Crippen LogP contribution in [0.25, 0.3) is 22.5 Å². The Morgan fingerprint density at radius 1 is 0.952 bits per heavy atom. The molecule has 8 rings (SSSR count). The molecule has 0 radical (unpaired) electrons. The number of amides is 3. The van der Waals surface area contributed by atoms with E-state index in [9.17, 15) is 33.0 Å². The lowest BCUT2D eigenvalue weighted by Crippen LogP contribution is -2.51. The first-order valence-corrected chi connectivity index (χ1v) is 20.6. The Balaban J connectivity index is 1.09. The van der Waals surface area contributed by atoms with Gasteiger partial charge in [0.25, 0.3) is 0 Å². The maximum absolute atomic E-state index is 13.7. The number of benzene rings is 3. The molecule has 0 bridgehead atoms. The average molecular weight is 853 g/mol. The second-order valence-electron chi connectivity index (χ2n) is 15.7. The van der Waals surface area contributed by atoms with E-state index in [-0.39, 0.29) is 42.9 Å². The van der Waals surface area contributed by atoms with E-state index >= 15 is 0 Å². The summed E-state index contributed by atoms with van der Waals surface area (Å²) in [6, 6.07) is 26.2. The SMILES string of the molecule is CCCN(C(=O)C(F)(F)F)[C@H]1C[C@@H](n2cnc3c(NCC(c4ccccc4)c4ccccc4)nc(N4CC[C@@H](NC(=O)Nc5c(C)noc5-c5ccccc5)C4)nc32)[C@H](O)[C@@H]1O. The summed E-state index contributed by atoms with van der Waals surface area (Å²) < 4.78 is 48.3. The van der Waals surface area contributed by atoms with Crippen molar-refractivity contribution < 1.29 is 37.5 Å². The van der Waals surface area contributed by atoms with Gasteiger partial charge in [0, 0.05) is 43.7 Å². The monoisotopic (exact) mass is 852 g/mol. The molecule has 0 unspecified atom stereocenters. The third-order valence-electron chi connectivity index (χ3n) is 11.6. The number of aromatic nitrogens is 5. The first-order valence-electron chi connectivity index (χ1n) is 20.6. The number of aliphatic hydroxyl groups excluding tert-OH is 2.